The third-order valence-corrected chi connectivity index (χ3v) is 4.23. The number of anilines is 3. The molecule has 5 heteroatoms. The number of halogens is 1. The standard InChI is InChI=1S/C21H20ClN3O/c1-15-7-9-17(22)13-19(15)25-20-11-10-18(14-23-20)24-21(26)12-8-16-5-3-2-4-6-16/h2-7,9-11,13-14H,8,12H2,1H3,(H,23,25)(H,24,26). The molecule has 0 atom stereocenters. The van der Waals surface area contributed by atoms with E-state index in [1.165, 1.54) is 0 Å². The maximum Gasteiger partial charge on any atom is 0.224 e. The number of pyridine rings is 1. The van der Waals surface area contributed by atoms with Crippen molar-refractivity contribution in [1.82, 2.24) is 4.98 Å². The van der Waals surface area contributed by atoms with Gasteiger partial charge in [-0.3, -0.25) is 4.79 Å². The van der Waals surface area contributed by atoms with Gasteiger partial charge in [-0.25, -0.2) is 4.98 Å². The Bertz CT molecular complexity index is 880. The summed E-state index contributed by atoms with van der Waals surface area (Å²) in [5.74, 6) is 0.666. The van der Waals surface area contributed by atoms with E-state index >= 15 is 0 Å². The summed E-state index contributed by atoms with van der Waals surface area (Å²) in [6.45, 7) is 2.00. The van der Waals surface area contributed by atoms with Crippen molar-refractivity contribution in [2.24, 2.45) is 0 Å². The molecule has 2 aromatic carbocycles. The fraction of sp³-hybridized carbons (Fsp3) is 0.143. The zero-order chi connectivity index (χ0) is 18.4. The lowest BCUT2D eigenvalue weighted by molar-refractivity contribution is -0.116. The summed E-state index contributed by atoms with van der Waals surface area (Å²) in [4.78, 5) is 16.4. The summed E-state index contributed by atoms with van der Waals surface area (Å²) in [7, 11) is 0. The highest BCUT2D eigenvalue weighted by Crippen LogP contribution is 2.23. The first-order chi connectivity index (χ1) is 12.6. The van der Waals surface area contributed by atoms with E-state index in [2.05, 4.69) is 15.6 Å². The van der Waals surface area contributed by atoms with Gasteiger partial charge in [0.1, 0.15) is 5.82 Å². The van der Waals surface area contributed by atoms with E-state index in [9.17, 15) is 4.79 Å². The molecule has 0 spiro atoms. The first-order valence-corrected chi connectivity index (χ1v) is 8.81. The van der Waals surface area contributed by atoms with E-state index in [1.807, 2.05) is 67.6 Å². The van der Waals surface area contributed by atoms with Crippen molar-refractivity contribution in [2.45, 2.75) is 19.8 Å². The van der Waals surface area contributed by atoms with Crippen molar-refractivity contribution in [1.29, 1.82) is 0 Å². The van der Waals surface area contributed by atoms with Crippen molar-refractivity contribution < 1.29 is 4.79 Å². The van der Waals surface area contributed by atoms with E-state index < -0.39 is 0 Å². The monoisotopic (exact) mass is 365 g/mol. The van der Waals surface area contributed by atoms with Crippen LogP contribution in [0.15, 0.2) is 66.9 Å². The molecule has 0 radical (unpaired) electrons. The second-order valence-corrected chi connectivity index (χ2v) is 6.49. The second kappa shape index (κ2) is 8.50. The number of carbonyl (C=O) groups excluding carboxylic acids is 1. The van der Waals surface area contributed by atoms with Gasteiger partial charge in [-0.1, -0.05) is 48.0 Å². The van der Waals surface area contributed by atoms with Crippen LogP contribution in [0.1, 0.15) is 17.5 Å². The largest absolute Gasteiger partial charge is 0.340 e. The number of hydrogen-bond acceptors (Lipinski definition) is 3. The molecule has 0 saturated carbocycles. The summed E-state index contributed by atoms with van der Waals surface area (Å²) in [6.07, 6.45) is 2.79. The fourth-order valence-corrected chi connectivity index (χ4v) is 2.71. The molecule has 26 heavy (non-hydrogen) atoms. The van der Waals surface area contributed by atoms with Crippen LogP contribution in [0.2, 0.25) is 5.02 Å². The van der Waals surface area contributed by atoms with Gasteiger partial charge in [-0.2, -0.15) is 0 Å². The van der Waals surface area contributed by atoms with Crippen molar-refractivity contribution in [3.05, 3.63) is 83.0 Å². The molecule has 2 N–H and O–H groups in total. The summed E-state index contributed by atoms with van der Waals surface area (Å²) in [5, 5.41) is 6.77. The van der Waals surface area contributed by atoms with Gasteiger partial charge in [-0.05, 0) is 48.7 Å². The predicted molar refractivity (Wildman–Crippen MR) is 107 cm³/mol. The molecule has 1 heterocycles. The van der Waals surface area contributed by atoms with Crippen molar-refractivity contribution in [3.63, 3.8) is 0 Å². The van der Waals surface area contributed by atoms with Crippen LogP contribution >= 0.6 is 11.6 Å². The number of carbonyl (C=O) groups is 1. The Labute approximate surface area is 158 Å². The van der Waals surface area contributed by atoms with Crippen LogP contribution in [-0.2, 0) is 11.2 Å². The molecule has 0 aliphatic rings. The molecule has 0 aliphatic carbocycles. The van der Waals surface area contributed by atoms with Crippen molar-refractivity contribution >= 4 is 34.7 Å². The first kappa shape index (κ1) is 18.0. The molecule has 4 nitrogen and oxygen atoms in total. The normalized spacial score (nSPS) is 10.4. The number of hydrogen-bond donors (Lipinski definition) is 2. The molecular formula is C21H20ClN3O. The van der Waals surface area contributed by atoms with Crippen LogP contribution in [0.5, 0.6) is 0 Å². The van der Waals surface area contributed by atoms with E-state index in [1.54, 1.807) is 6.20 Å². The molecule has 1 aromatic heterocycles. The van der Waals surface area contributed by atoms with Gasteiger partial charge in [0, 0.05) is 17.1 Å². The average Bonchev–Trinajstić information content (AvgIpc) is 2.65. The fourth-order valence-electron chi connectivity index (χ4n) is 2.53. The third-order valence-electron chi connectivity index (χ3n) is 3.99. The van der Waals surface area contributed by atoms with Crippen LogP contribution < -0.4 is 10.6 Å². The SMILES string of the molecule is Cc1ccc(Cl)cc1Nc1ccc(NC(=O)CCc2ccccc2)cn1. The molecular weight excluding hydrogens is 346 g/mol. The number of nitrogens with zero attached hydrogens (tertiary/aromatic N) is 1. The highest BCUT2D eigenvalue weighted by molar-refractivity contribution is 6.30. The molecule has 132 valence electrons. The highest BCUT2D eigenvalue weighted by Gasteiger charge is 2.05. The topological polar surface area (TPSA) is 54.0 Å². The minimum absolute atomic E-state index is 0.0259. The molecule has 3 aromatic rings. The molecule has 0 saturated heterocycles. The third kappa shape index (κ3) is 5.07. The highest BCUT2D eigenvalue weighted by atomic mass is 35.5. The van der Waals surface area contributed by atoms with Crippen LogP contribution in [0.3, 0.4) is 0 Å². The van der Waals surface area contributed by atoms with Gasteiger partial charge in [0.2, 0.25) is 5.91 Å². The van der Waals surface area contributed by atoms with Crippen molar-refractivity contribution in [2.75, 3.05) is 10.6 Å². The number of benzene rings is 2. The summed E-state index contributed by atoms with van der Waals surface area (Å²) >= 11 is 6.03. The first-order valence-electron chi connectivity index (χ1n) is 8.43. The number of rotatable bonds is 6. The number of nitrogens with one attached hydrogen (secondary N) is 2. The van der Waals surface area contributed by atoms with E-state index in [-0.39, 0.29) is 5.91 Å². The lowest BCUT2D eigenvalue weighted by Gasteiger charge is -2.10. The molecule has 0 fully saturated rings. The minimum Gasteiger partial charge on any atom is -0.340 e. The molecule has 1 amide bonds. The van der Waals surface area contributed by atoms with Gasteiger partial charge < -0.3 is 10.6 Å². The lowest BCUT2D eigenvalue weighted by Crippen LogP contribution is -2.12. The van der Waals surface area contributed by atoms with E-state index in [4.69, 9.17) is 11.6 Å². The number of aromatic nitrogens is 1. The van der Waals surface area contributed by atoms with Crippen LogP contribution in [0.25, 0.3) is 0 Å². The Kier molecular flexibility index (Phi) is 5.87. The summed E-state index contributed by atoms with van der Waals surface area (Å²) in [5.41, 5.74) is 3.81. The van der Waals surface area contributed by atoms with Crippen LogP contribution in [0.4, 0.5) is 17.2 Å². The van der Waals surface area contributed by atoms with Gasteiger partial charge in [0.05, 0.1) is 11.9 Å². The molecule has 3 rings (SSSR count). The second-order valence-electron chi connectivity index (χ2n) is 6.05. The summed E-state index contributed by atoms with van der Waals surface area (Å²) in [6, 6.07) is 19.3. The molecule has 0 bridgehead atoms. The predicted octanol–water partition coefficient (Wildman–Crippen LogP) is 5.36. The quantitative estimate of drug-likeness (QED) is 0.618. The maximum atomic E-state index is 12.1. The van der Waals surface area contributed by atoms with Crippen LogP contribution in [0, 0.1) is 6.92 Å². The number of amides is 1. The Balaban J connectivity index is 1.55. The van der Waals surface area contributed by atoms with Gasteiger partial charge in [-0.15, -0.1) is 0 Å². The average molecular weight is 366 g/mol. The zero-order valence-electron chi connectivity index (χ0n) is 14.5. The van der Waals surface area contributed by atoms with Crippen molar-refractivity contribution in [3.8, 4) is 0 Å². The van der Waals surface area contributed by atoms with Crippen LogP contribution in [-0.4, -0.2) is 10.9 Å². The Morgan fingerprint density at radius 1 is 1.08 bits per heavy atom. The molecule has 0 aliphatic heterocycles. The Morgan fingerprint density at radius 2 is 1.88 bits per heavy atom. The minimum atomic E-state index is -0.0259. The Hall–Kier alpha value is -2.85. The summed E-state index contributed by atoms with van der Waals surface area (Å²) < 4.78 is 0. The number of aryl methyl sites for hydroxylation is 2. The smallest absolute Gasteiger partial charge is 0.224 e. The van der Waals surface area contributed by atoms with Gasteiger partial charge >= 0.3 is 0 Å². The van der Waals surface area contributed by atoms with Gasteiger partial charge in [0.15, 0.2) is 0 Å². The Morgan fingerprint density at radius 3 is 2.62 bits per heavy atom. The van der Waals surface area contributed by atoms with Gasteiger partial charge in [0.25, 0.3) is 0 Å². The maximum absolute atomic E-state index is 12.1. The lowest BCUT2D eigenvalue weighted by atomic mass is 10.1. The van der Waals surface area contributed by atoms with E-state index in [0.29, 0.717) is 29.4 Å². The van der Waals surface area contributed by atoms with E-state index in [0.717, 1.165) is 16.8 Å². The zero-order valence-corrected chi connectivity index (χ0v) is 15.3. The molecule has 0 unspecified atom stereocenters.